The van der Waals surface area contributed by atoms with Crippen molar-refractivity contribution in [3.05, 3.63) is 27.1 Å². The minimum absolute atomic E-state index is 0.0663. The van der Waals surface area contributed by atoms with Gasteiger partial charge < -0.3 is 15.1 Å². The molecule has 2 aromatic rings. The number of nitrogens with one attached hydrogen (secondary N) is 2. The zero-order chi connectivity index (χ0) is 16.1. The van der Waals surface area contributed by atoms with Gasteiger partial charge in [0.1, 0.15) is 6.04 Å². The van der Waals surface area contributed by atoms with Crippen LogP contribution in [0.5, 0.6) is 0 Å². The number of fused-ring (bicyclic) bond motifs is 1. The summed E-state index contributed by atoms with van der Waals surface area (Å²) in [5.41, 5.74) is 0.367. The summed E-state index contributed by atoms with van der Waals surface area (Å²) in [6, 6.07) is 1.74. The van der Waals surface area contributed by atoms with Gasteiger partial charge in [0, 0.05) is 11.0 Å². The van der Waals surface area contributed by atoms with Crippen molar-refractivity contribution in [3.8, 4) is 0 Å². The highest BCUT2D eigenvalue weighted by Crippen LogP contribution is 2.32. The van der Waals surface area contributed by atoms with Crippen molar-refractivity contribution < 1.29 is 18.3 Å². The number of carboxylic acid groups (broad SMARTS) is 1. The topological polar surface area (TPSA) is 123 Å². The normalized spacial score (nSPS) is 19.8. The Morgan fingerprint density at radius 2 is 1.95 bits per heavy atom. The molecule has 3 rings (SSSR count). The number of halogens is 1. The van der Waals surface area contributed by atoms with E-state index in [-0.39, 0.29) is 22.3 Å². The summed E-state index contributed by atoms with van der Waals surface area (Å²) < 4.78 is 26.8. The molecular weight excluding hydrogens is 378 g/mol. The van der Waals surface area contributed by atoms with Crippen LogP contribution in [-0.4, -0.2) is 46.4 Å². The molecule has 1 unspecified atom stereocenters. The standard InChI is InChI=1S/C12H12BrN3O5S/c13-6-4-7-8(15-12(19)14-7)5-10(6)22(20,21)16-3-1-2-9(16)11(17)18/h4-5,9H,1-3H2,(H,17,18)(H2,14,15,19). The van der Waals surface area contributed by atoms with E-state index in [9.17, 15) is 18.0 Å². The van der Waals surface area contributed by atoms with E-state index in [0.29, 0.717) is 17.5 Å². The first-order valence-corrected chi connectivity index (χ1v) is 8.70. The molecule has 0 bridgehead atoms. The Morgan fingerprint density at radius 3 is 2.59 bits per heavy atom. The lowest BCUT2D eigenvalue weighted by Crippen LogP contribution is -2.40. The Hall–Kier alpha value is -1.65. The van der Waals surface area contributed by atoms with E-state index in [1.807, 2.05) is 0 Å². The molecule has 1 aromatic carbocycles. The zero-order valence-corrected chi connectivity index (χ0v) is 13.6. The van der Waals surface area contributed by atoms with E-state index in [1.165, 1.54) is 12.1 Å². The molecule has 10 heteroatoms. The van der Waals surface area contributed by atoms with Crippen LogP contribution in [0.15, 0.2) is 26.3 Å². The van der Waals surface area contributed by atoms with Crippen LogP contribution < -0.4 is 5.69 Å². The summed E-state index contributed by atoms with van der Waals surface area (Å²) in [7, 11) is -3.98. The van der Waals surface area contributed by atoms with E-state index >= 15 is 0 Å². The van der Waals surface area contributed by atoms with Gasteiger partial charge in [-0.25, -0.2) is 13.2 Å². The Bertz CT molecular complexity index is 916. The third-order valence-corrected chi connectivity index (χ3v) is 6.51. The SMILES string of the molecule is O=C(O)C1CCCN1S(=O)(=O)c1cc2[nH]c(=O)[nH]c2cc1Br. The Balaban J connectivity index is 2.14. The van der Waals surface area contributed by atoms with E-state index in [4.69, 9.17) is 5.11 Å². The summed E-state index contributed by atoms with van der Waals surface area (Å²) in [6.07, 6.45) is 0.784. The molecule has 0 saturated carbocycles. The van der Waals surface area contributed by atoms with Crippen LogP contribution in [0.1, 0.15) is 12.8 Å². The van der Waals surface area contributed by atoms with Gasteiger partial charge in [0.15, 0.2) is 0 Å². The van der Waals surface area contributed by atoms with Crippen molar-refractivity contribution in [3.63, 3.8) is 0 Å². The highest BCUT2D eigenvalue weighted by molar-refractivity contribution is 9.10. The minimum atomic E-state index is -3.98. The van der Waals surface area contributed by atoms with Crippen LogP contribution >= 0.6 is 15.9 Å². The molecule has 3 N–H and O–H groups in total. The molecule has 0 amide bonds. The molecule has 0 spiro atoms. The molecule has 8 nitrogen and oxygen atoms in total. The van der Waals surface area contributed by atoms with Gasteiger partial charge in [0.2, 0.25) is 10.0 Å². The van der Waals surface area contributed by atoms with Crippen molar-refractivity contribution in [2.45, 2.75) is 23.8 Å². The number of aromatic amines is 2. The third kappa shape index (κ3) is 2.36. The number of nitrogens with zero attached hydrogens (tertiary/aromatic N) is 1. The average Bonchev–Trinajstić information content (AvgIpc) is 3.02. The van der Waals surface area contributed by atoms with Gasteiger partial charge in [0.05, 0.1) is 15.9 Å². The van der Waals surface area contributed by atoms with E-state index in [1.54, 1.807) is 0 Å². The number of hydrogen-bond donors (Lipinski definition) is 3. The highest BCUT2D eigenvalue weighted by atomic mass is 79.9. The average molecular weight is 390 g/mol. The Labute approximate surface area is 133 Å². The van der Waals surface area contributed by atoms with Crippen LogP contribution in [0.4, 0.5) is 0 Å². The van der Waals surface area contributed by atoms with Crippen molar-refractivity contribution in [1.29, 1.82) is 0 Å². The van der Waals surface area contributed by atoms with Crippen molar-refractivity contribution in [2.24, 2.45) is 0 Å². The van der Waals surface area contributed by atoms with Crippen LogP contribution in [0, 0.1) is 0 Å². The lowest BCUT2D eigenvalue weighted by Gasteiger charge is -2.21. The number of carboxylic acids is 1. The second-order valence-electron chi connectivity index (χ2n) is 5.02. The number of aliphatic carboxylic acids is 1. The quantitative estimate of drug-likeness (QED) is 0.717. The van der Waals surface area contributed by atoms with Crippen LogP contribution in [0.2, 0.25) is 0 Å². The molecule has 0 radical (unpaired) electrons. The van der Waals surface area contributed by atoms with Crippen molar-refractivity contribution in [1.82, 2.24) is 14.3 Å². The first-order valence-electron chi connectivity index (χ1n) is 6.47. The maximum Gasteiger partial charge on any atom is 0.323 e. The summed E-state index contributed by atoms with van der Waals surface area (Å²) in [6.45, 7) is 0.160. The van der Waals surface area contributed by atoms with Crippen molar-refractivity contribution in [2.75, 3.05) is 6.54 Å². The maximum absolute atomic E-state index is 12.8. The number of hydrogen-bond acceptors (Lipinski definition) is 4. The lowest BCUT2D eigenvalue weighted by atomic mass is 10.2. The Morgan fingerprint density at radius 1 is 1.32 bits per heavy atom. The van der Waals surface area contributed by atoms with Crippen LogP contribution in [0.25, 0.3) is 11.0 Å². The smallest absolute Gasteiger partial charge is 0.323 e. The number of carbonyl (C=O) groups is 1. The summed E-state index contributed by atoms with van der Waals surface area (Å²) >= 11 is 3.18. The summed E-state index contributed by atoms with van der Waals surface area (Å²) in [5.74, 6) is -1.16. The predicted octanol–water partition coefficient (Wildman–Crippen LogP) is 0.856. The van der Waals surface area contributed by atoms with Gasteiger partial charge in [-0.15, -0.1) is 0 Å². The number of rotatable bonds is 3. The molecule has 1 aromatic heterocycles. The molecule has 22 heavy (non-hydrogen) atoms. The molecule has 1 aliphatic heterocycles. The molecule has 118 valence electrons. The second-order valence-corrected chi connectivity index (χ2v) is 7.73. The van der Waals surface area contributed by atoms with E-state index < -0.39 is 27.7 Å². The van der Waals surface area contributed by atoms with Crippen LogP contribution in [0.3, 0.4) is 0 Å². The molecule has 2 heterocycles. The van der Waals surface area contributed by atoms with E-state index in [2.05, 4.69) is 25.9 Å². The predicted molar refractivity (Wildman–Crippen MR) is 81.2 cm³/mol. The molecule has 0 aliphatic carbocycles. The summed E-state index contributed by atoms with van der Waals surface area (Å²) in [4.78, 5) is 27.5. The lowest BCUT2D eigenvalue weighted by molar-refractivity contribution is -0.140. The van der Waals surface area contributed by atoms with Gasteiger partial charge in [0.25, 0.3) is 0 Å². The monoisotopic (exact) mass is 389 g/mol. The highest BCUT2D eigenvalue weighted by Gasteiger charge is 2.40. The third-order valence-electron chi connectivity index (χ3n) is 3.64. The second kappa shape index (κ2) is 5.21. The molecule has 1 aliphatic rings. The number of aromatic nitrogens is 2. The largest absolute Gasteiger partial charge is 0.480 e. The zero-order valence-electron chi connectivity index (χ0n) is 11.2. The number of sulfonamides is 1. The number of benzene rings is 1. The van der Waals surface area contributed by atoms with E-state index in [0.717, 1.165) is 4.31 Å². The fraction of sp³-hybridized carbons (Fsp3) is 0.333. The van der Waals surface area contributed by atoms with Gasteiger partial charge in [-0.3, -0.25) is 4.79 Å². The first kappa shape index (κ1) is 15.3. The molecule has 1 atom stereocenters. The molecule has 1 fully saturated rings. The fourth-order valence-corrected chi connectivity index (χ4v) is 5.32. The molecule has 1 saturated heterocycles. The van der Waals surface area contributed by atoms with Gasteiger partial charge in [-0.2, -0.15) is 4.31 Å². The Kier molecular flexibility index (Phi) is 3.62. The van der Waals surface area contributed by atoms with Gasteiger partial charge in [-0.1, -0.05) is 0 Å². The minimum Gasteiger partial charge on any atom is -0.480 e. The summed E-state index contributed by atoms with van der Waals surface area (Å²) in [5, 5.41) is 9.17. The van der Waals surface area contributed by atoms with Gasteiger partial charge in [-0.05, 0) is 40.9 Å². The van der Waals surface area contributed by atoms with Crippen LogP contribution in [-0.2, 0) is 14.8 Å². The first-order chi connectivity index (χ1) is 10.3. The number of imidazole rings is 1. The maximum atomic E-state index is 12.8. The number of H-pyrrole nitrogens is 2. The van der Waals surface area contributed by atoms with Crippen molar-refractivity contribution >= 4 is 43.0 Å². The fourth-order valence-electron chi connectivity index (χ4n) is 2.63. The molecular formula is C12H12BrN3O5S. The van der Waals surface area contributed by atoms with Gasteiger partial charge >= 0.3 is 11.7 Å².